The van der Waals surface area contributed by atoms with Crippen LogP contribution in [0.3, 0.4) is 0 Å². The number of rotatable bonds is 3. The Labute approximate surface area is 75.6 Å². The molecule has 1 saturated carbocycles. The molecule has 0 aromatic carbocycles. The van der Waals surface area contributed by atoms with E-state index in [4.69, 9.17) is 0 Å². The maximum absolute atomic E-state index is 11.3. The van der Waals surface area contributed by atoms with Crippen LogP contribution in [0.2, 0.25) is 0 Å². The number of amides is 1. The van der Waals surface area contributed by atoms with Crippen molar-refractivity contribution in [1.82, 2.24) is 10.2 Å². The second-order valence-corrected chi connectivity index (χ2v) is 5.18. The molecule has 1 saturated heterocycles. The van der Waals surface area contributed by atoms with Crippen LogP contribution in [0.25, 0.3) is 0 Å². The van der Waals surface area contributed by atoms with Crippen molar-refractivity contribution >= 4 is 15.9 Å². The fourth-order valence-corrected chi connectivity index (χ4v) is 2.62. The summed E-state index contributed by atoms with van der Waals surface area (Å²) in [6.07, 6.45) is 1.37. The predicted octanol–water partition coefficient (Wildman–Crippen LogP) is -1.50. The van der Waals surface area contributed by atoms with Crippen molar-refractivity contribution in [3.8, 4) is 0 Å². The molecule has 1 atom stereocenters. The Kier molecular flexibility index (Phi) is 2.01. The number of hydrogen-bond donors (Lipinski definition) is 2. The lowest BCUT2D eigenvalue weighted by atomic mass is 10.3. The molecule has 1 aliphatic carbocycles. The third-order valence-corrected chi connectivity index (χ3v) is 3.97. The minimum absolute atomic E-state index is 0.0603. The largest absolute Gasteiger partial charge is 0.271 e. The Hall–Kier alpha value is -0.660. The van der Waals surface area contributed by atoms with Crippen molar-refractivity contribution in [3.05, 3.63) is 0 Å². The Balaban J connectivity index is 2.00. The lowest BCUT2D eigenvalue weighted by Gasteiger charge is -2.07. The van der Waals surface area contributed by atoms with E-state index in [1.165, 1.54) is 0 Å². The summed E-state index contributed by atoms with van der Waals surface area (Å²) in [5, 5.41) is -0.305. The highest BCUT2D eigenvalue weighted by Gasteiger charge is 2.39. The van der Waals surface area contributed by atoms with Crippen LogP contribution in [0, 0.1) is 0 Å². The van der Waals surface area contributed by atoms with Gasteiger partial charge in [-0.15, -0.1) is 0 Å². The fraction of sp³-hybridized carbons (Fsp3) is 0.833. The van der Waals surface area contributed by atoms with Crippen LogP contribution in [0.5, 0.6) is 0 Å². The lowest BCUT2D eigenvalue weighted by Crippen LogP contribution is -2.43. The van der Waals surface area contributed by atoms with Gasteiger partial charge in [-0.3, -0.25) is 9.63 Å². The van der Waals surface area contributed by atoms with E-state index in [-0.39, 0.29) is 11.9 Å². The molecule has 0 bridgehead atoms. The third-order valence-electron chi connectivity index (χ3n) is 2.01. The van der Waals surface area contributed by atoms with Crippen molar-refractivity contribution in [2.75, 3.05) is 6.61 Å². The van der Waals surface area contributed by atoms with E-state index in [1.54, 1.807) is 0 Å². The van der Waals surface area contributed by atoms with Gasteiger partial charge in [0.2, 0.25) is 10.0 Å². The van der Waals surface area contributed by atoms with E-state index in [2.05, 4.69) is 15.0 Å². The highest BCUT2D eigenvalue weighted by atomic mass is 32.2. The van der Waals surface area contributed by atoms with Gasteiger partial charge in [-0.1, -0.05) is 0 Å². The Morgan fingerprint density at radius 3 is 2.62 bits per heavy atom. The molecule has 1 aliphatic heterocycles. The monoisotopic (exact) mass is 206 g/mol. The SMILES string of the molecule is O=C1NOC[C@H]1NS(=O)(=O)C1CC1. The molecule has 1 amide bonds. The van der Waals surface area contributed by atoms with E-state index in [0.717, 1.165) is 0 Å². The molecule has 2 fully saturated rings. The maximum atomic E-state index is 11.3. The molecular formula is C6H10N2O4S. The van der Waals surface area contributed by atoms with Crippen LogP contribution < -0.4 is 10.2 Å². The average Bonchev–Trinajstić information content (AvgIpc) is 2.80. The average molecular weight is 206 g/mol. The first-order valence-corrected chi connectivity index (χ1v) is 5.57. The van der Waals surface area contributed by atoms with Gasteiger partial charge in [0.1, 0.15) is 12.6 Å². The first-order chi connectivity index (χ1) is 6.09. The second-order valence-electron chi connectivity index (χ2n) is 3.19. The summed E-state index contributed by atoms with van der Waals surface area (Å²) in [5.74, 6) is -0.427. The first-order valence-electron chi connectivity index (χ1n) is 4.02. The highest BCUT2D eigenvalue weighted by Crippen LogP contribution is 2.27. The van der Waals surface area contributed by atoms with Crippen LogP contribution in [0.15, 0.2) is 0 Å². The van der Waals surface area contributed by atoms with Gasteiger partial charge in [0.15, 0.2) is 0 Å². The first kappa shape index (κ1) is 8.92. The van der Waals surface area contributed by atoms with Gasteiger partial charge in [0, 0.05) is 0 Å². The van der Waals surface area contributed by atoms with E-state index >= 15 is 0 Å². The normalized spacial score (nSPS) is 28.9. The minimum Gasteiger partial charge on any atom is -0.271 e. The molecule has 2 N–H and O–H groups in total. The summed E-state index contributed by atoms with van der Waals surface area (Å²) in [7, 11) is -3.29. The number of nitrogens with one attached hydrogen (secondary N) is 2. The molecule has 2 rings (SSSR count). The molecule has 6 nitrogen and oxygen atoms in total. The Morgan fingerprint density at radius 2 is 2.15 bits per heavy atom. The van der Waals surface area contributed by atoms with Gasteiger partial charge in [0.05, 0.1) is 5.25 Å². The molecule has 0 aromatic heterocycles. The number of hydroxylamine groups is 1. The van der Waals surface area contributed by atoms with Crippen molar-refractivity contribution < 1.29 is 18.0 Å². The topological polar surface area (TPSA) is 84.5 Å². The van der Waals surface area contributed by atoms with E-state index in [1.807, 2.05) is 0 Å². The molecule has 1 heterocycles. The zero-order valence-corrected chi connectivity index (χ0v) is 7.63. The van der Waals surface area contributed by atoms with Gasteiger partial charge in [-0.2, -0.15) is 4.72 Å². The summed E-state index contributed by atoms with van der Waals surface area (Å²) in [5.41, 5.74) is 2.09. The number of sulfonamides is 1. The molecule has 0 unspecified atom stereocenters. The summed E-state index contributed by atoms with van der Waals surface area (Å²) in [4.78, 5) is 15.5. The van der Waals surface area contributed by atoms with Crippen LogP contribution in [-0.2, 0) is 19.7 Å². The van der Waals surface area contributed by atoms with Gasteiger partial charge < -0.3 is 0 Å². The molecule has 13 heavy (non-hydrogen) atoms. The second kappa shape index (κ2) is 2.93. The molecule has 7 heteroatoms. The van der Waals surface area contributed by atoms with Crippen molar-refractivity contribution in [2.45, 2.75) is 24.1 Å². The summed E-state index contributed by atoms with van der Waals surface area (Å²) in [6.45, 7) is 0.0603. The van der Waals surface area contributed by atoms with Gasteiger partial charge in [-0.05, 0) is 12.8 Å². The fourth-order valence-electron chi connectivity index (χ4n) is 1.10. The number of carbonyl (C=O) groups is 1. The molecule has 0 spiro atoms. The summed E-state index contributed by atoms with van der Waals surface area (Å²) in [6, 6.07) is -0.759. The number of hydrogen-bond acceptors (Lipinski definition) is 4. The maximum Gasteiger partial charge on any atom is 0.264 e. The van der Waals surface area contributed by atoms with E-state index in [9.17, 15) is 13.2 Å². The molecular weight excluding hydrogens is 196 g/mol. The van der Waals surface area contributed by atoms with Crippen LogP contribution in [0.1, 0.15) is 12.8 Å². The lowest BCUT2D eigenvalue weighted by molar-refractivity contribution is -0.124. The van der Waals surface area contributed by atoms with E-state index in [0.29, 0.717) is 12.8 Å². The standard InChI is InChI=1S/C6H10N2O4S/c9-6-5(3-12-7-6)8-13(10,11)4-1-2-4/h4-5,8H,1-3H2,(H,7,9)/t5-/m1/s1. The Bertz CT molecular complexity index is 322. The van der Waals surface area contributed by atoms with E-state index < -0.39 is 22.0 Å². The zero-order valence-electron chi connectivity index (χ0n) is 6.82. The smallest absolute Gasteiger partial charge is 0.264 e. The van der Waals surface area contributed by atoms with Crippen molar-refractivity contribution in [2.24, 2.45) is 0 Å². The Morgan fingerprint density at radius 1 is 1.46 bits per heavy atom. The molecule has 2 aliphatic rings. The van der Waals surface area contributed by atoms with Gasteiger partial charge >= 0.3 is 0 Å². The van der Waals surface area contributed by atoms with Gasteiger partial charge in [0.25, 0.3) is 5.91 Å². The van der Waals surface area contributed by atoms with Gasteiger partial charge in [-0.25, -0.2) is 13.9 Å². The van der Waals surface area contributed by atoms with Crippen LogP contribution in [0.4, 0.5) is 0 Å². The quantitative estimate of drug-likeness (QED) is 0.588. The molecule has 0 radical (unpaired) electrons. The molecule has 74 valence electrons. The van der Waals surface area contributed by atoms with Crippen molar-refractivity contribution in [3.63, 3.8) is 0 Å². The molecule has 0 aromatic rings. The highest BCUT2D eigenvalue weighted by molar-refractivity contribution is 7.90. The third kappa shape index (κ3) is 1.82. The zero-order chi connectivity index (χ0) is 9.47. The summed E-state index contributed by atoms with van der Waals surface area (Å²) >= 11 is 0. The predicted molar refractivity (Wildman–Crippen MR) is 43.0 cm³/mol. The van der Waals surface area contributed by atoms with Crippen LogP contribution >= 0.6 is 0 Å². The minimum atomic E-state index is -3.29. The number of carbonyl (C=O) groups excluding carboxylic acids is 1. The van der Waals surface area contributed by atoms with Crippen LogP contribution in [-0.4, -0.2) is 32.2 Å². The van der Waals surface area contributed by atoms with Crippen molar-refractivity contribution in [1.29, 1.82) is 0 Å². The summed E-state index contributed by atoms with van der Waals surface area (Å²) < 4.78 is 25.0.